The molecule has 0 spiro atoms. The van der Waals surface area contributed by atoms with Crippen molar-refractivity contribution in [3.63, 3.8) is 0 Å². The summed E-state index contributed by atoms with van der Waals surface area (Å²) in [4.78, 5) is 27.2. The minimum absolute atomic E-state index is 0.0320. The van der Waals surface area contributed by atoms with Crippen molar-refractivity contribution in [2.75, 3.05) is 44.3 Å². The third-order valence-corrected chi connectivity index (χ3v) is 5.74. The van der Waals surface area contributed by atoms with Gasteiger partial charge in [0.25, 0.3) is 11.6 Å². The van der Waals surface area contributed by atoms with Crippen molar-refractivity contribution in [3.05, 3.63) is 57.1 Å². The van der Waals surface area contributed by atoms with Crippen LogP contribution in [0.1, 0.15) is 10.4 Å². The summed E-state index contributed by atoms with van der Waals surface area (Å²) in [7, 11) is 0. The lowest BCUT2D eigenvalue weighted by molar-refractivity contribution is -0.384. The van der Waals surface area contributed by atoms with E-state index in [1.165, 1.54) is 6.07 Å². The number of carbonyl (C=O) groups is 1. The largest absolute Gasteiger partial charge is 0.486 e. The number of thiocarbonyl (C=S) groups is 1. The average molecular weight is 463 g/mol. The number of fused-ring (bicyclic) bond motifs is 1. The van der Waals surface area contributed by atoms with Gasteiger partial charge in [0.1, 0.15) is 18.9 Å². The Morgan fingerprint density at radius 1 is 1.10 bits per heavy atom. The first-order valence-electron chi connectivity index (χ1n) is 9.62. The first kappa shape index (κ1) is 21.1. The molecule has 0 aromatic heterocycles. The fourth-order valence-electron chi connectivity index (χ4n) is 3.53. The molecular weight excluding hydrogens is 444 g/mol. The Morgan fingerprint density at radius 2 is 1.81 bits per heavy atom. The monoisotopic (exact) mass is 462 g/mol. The Kier molecular flexibility index (Phi) is 6.10. The van der Waals surface area contributed by atoms with Gasteiger partial charge in [0.05, 0.1) is 9.95 Å². The molecule has 2 heterocycles. The molecule has 0 radical (unpaired) electrons. The Morgan fingerprint density at radius 3 is 2.52 bits per heavy atom. The number of nitro groups is 1. The fourth-order valence-corrected chi connectivity index (χ4v) is 4.09. The number of para-hydroxylation sites is 1. The lowest BCUT2D eigenvalue weighted by Gasteiger charge is -2.37. The Balaban J connectivity index is 1.38. The van der Waals surface area contributed by atoms with Gasteiger partial charge in [-0.3, -0.25) is 20.2 Å². The van der Waals surface area contributed by atoms with E-state index < -0.39 is 4.92 Å². The zero-order valence-corrected chi connectivity index (χ0v) is 17.9. The van der Waals surface area contributed by atoms with Gasteiger partial charge in [0.2, 0.25) is 0 Å². The number of benzene rings is 2. The molecule has 162 valence electrons. The lowest BCUT2D eigenvalue weighted by atomic mass is 10.2. The molecule has 0 unspecified atom stereocenters. The summed E-state index contributed by atoms with van der Waals surface area (Å²) in [6, 6.07) is 9.60. The van der Waals surface area contributed by atoms with E-state index in [1.807, 2.05) is 9.80 Å². The van der Waals surface area contributed by atoms with Crippen LogP contribution in [0.3, 0.4) is 0 Å². The summed E-state index contributed by atoms with van der Waals surface area (Å²) >= 11 is 11.6. The van der Waals surface area contributed by atoms with E-state index in [2.05, 4.69) is 5.32 Å². The Bertz CT molecular complexity index is 1040. The van der Waals surface area contributed by atoms with Crippen molar-refractivity contribution in [3.8, 4) is 11.5 Å². The molecule has 1 fully saturated rings. The first-order valence-corrected chi connectivity index (χ1v) is 10.4. The van der Waals surface area contributed by atoms with Crippen LogP contribution in [-0.4, -0.2) is 60.2 Å². The Labute approximate surface area is 188 Å². The number of hydrogen-bond donors (Lipinski definition) is 1. The number of amides is 1. The SMILES string of the molecule is O=C(NC(=S)N1CCN(c2c(Cl)cccc2[N+](=O)[O-])CC1)c1ccc2c(c1)OCCO2. The molecule has 0 saturated carbocycles. The summed E-state index contributed by atoms with van der Waals surface area (Å²) < 4.78 is 11.0. The third kappa shape index (κ3) is 4.49. The number of rotatable bonds is 3. The smallest absolute Gasteiger partial charge is 0.294 e. The highest BCUT2D eigenvalue weighted by Crippen LogP contribution is 2.36. The van der Waals surface area contributed by atoms with Crippen LogP contribution in [0.15, 0.2) is 36.4 Å². The van der Waals surface area contributed by atoms with E-state index in [-0.39, 0.29) is 11.6 Å². The van der Waals surface area contributed by atoms with Gasteiger partial charge < -0.3 is 19.3 Å². The number of carbonyl (C=O) groups excluding carboxylic acids is 1. The van der Waals surface area contributed by atoms with Crippen LogP contribution in [0.5, 0.6) is 11.5 Å². The van der Waals surface area contributed by atoms with Crippen molar-refractivity contribution >= 4 is 46.2 Å². The van der Waals surface area contributed by atoms with Gasteiger partial charge in [-0.15, -0.1) is 0 Å². The van der Waals surface area contributed by atoms with Crippen LogP contribution < -0.4 is 19.7 Å². The van der Waals surface area contributed by atoms with Crippen LogP contribution in [0, 0.1) is 10.1 Å². The normalized spacial score (nSPS) is 15.4. The summed E-state index contributed by atoms with van der Waals surface area (Å²) in [5.74, 6) is 0.793. The first-order chi connectivity index (χ1) is 14.9. The molecule has 0 atom stereocenters. The molecule has 2 aromatic carbocycles. The van der Waals surface area contributed by atoms with E-state index in [9.17, 15) is 14.9 Å². The second kappa shape index (κ2) is 8.94. The molecule has 2 aliphatic heterocycles. The van der Waals surface area contributed by atoms with E-state index in [0.29, 0.717) is 72.3 Å². The van der Waals surface area contributed by atoms with Crippen molar-refractivity contribution in [1.82, 2.24) is 10.2 Å². The second-order valence-corrected chi connectivity index (χ2v) is 7.75. The molecule has 1 N–H and O–H groups in total. The topological polar surface area (TPSA) is 97.2 Å². The highest BCUT2D eigenvalue weighted by atomic mass is 35.5. The van der Waals surface area contributed by atoms with Crippen LogP contribution in [-0.2, 0) is 0 Å². The zero-order chi connectivity index (χ0) is 22.0. The predicted molar refractivity (Wildman–Crippen MR) is 119 cm³/mol. The van der Waals surface area contributed by atoms with Gasteiger partial charge in [0.15, 0.2) is 16.6 Å². The van der Waals surface area contributed by atoms with Gasteiger partial charge in [-0.05, 0) is 36.5 Å². The minimum atomic E-state index is -0.439. The van der Waals surface area contributed by atoms with Crippen LogP contribution in [0.4, 0.5) is 11.4 Å². The maximum atomic E-state index is 12.6. The van der Waals surface area contributed by atoms with Gasteiger partial charge >= 0.3 is 0 Å². The summed E-state index contributed by atoms with van der Waals surface area (Å²) in [6.07, 6.45) is 0. The molecule has 31 heavy (non-hydrogen) atoms. The number of nitrogens with zero attached hydrogens (tertiary/aromatic N) is 3. The van der Waals surface area contributed by atoms with Crippen molar-refractivity contribution in [2.24, 2.45) is 0 Å². The lowest BCUT2D eigenvalue weighted by Crippen LogP contribution is -2.52. The number of anilines is 1. The molecule has 0 aliphatic carbocycles. The number of piperazine rings is 1. The van der Waals surface area contributed by atoms with Gasteiger partial charge in [0, 0.05) is 37.8 Å². The van der Waals surface area contributed by atoms with Crippen molar-refractivity contribution in [1.29, 1.82) is 0 Å². The fraction of sp³-hybridized carbons (Fsp3) is 0.300. The molecule has 0 bridgehead atoms. The quantitative estimate of drug-likeness (QED) is 0.422. The molecular formula is C20H19ClN4O5S. The average Bonchev–Trinajstić information content (AvgIpc) is 2.78. The maximum absolute atomic E-state index is 12.6. The van der Waals surface area contributed by atoms with Crippen molar-refractivity contribution < 1.29 is 19.2 Å². The predicted octanol–water partition coefficient (Wildman–Crippen LogP) is 2.86. The summed E-state index contributed by atoms with van der Waals surface area (Å²) in [5, 5.41) is 14.7. The molecule has 1 saturated heterocycles. The van der Waals surface area contributed by atoms with Gasteiger partial charge in [-0.2, -0.15) is 0 Å². The van der Waals surface area contributed by atoms with E-state index in [4.69, 9.17) is 33.3 Å². The van der Waals surface area contributed by atoms with Crippen LogP contribution in [0.25, 0.3) is 0 Å². The number of halogens is 1. The van der Waals surface area contributed by atoms with E-state index >= 15 is 0 Å². The Hall–Kier alpha value is -3.11. The summed E-state index contributed by atoms with van der Waals surface area (Å²) in [5.41, 5.74) is 0.785. The zero-order valence-electron chi connectivity index (χ0n) is 16.4. The summed E-state index contributed by atoms with van der Waals surface area (Å²) in [6.45, 7) is 2.84. The second-order valence-electron chi connectivity index (χ2n) is 6.96. The van der Waals surface area contributed by atoms with E-state index in [1.54, 1.807) is 30.3 Å². The van der Waals surface area contributed by atoms with E-state index in [0.717, 1.165) is 0 Å². The molecule has 11 heteroatoms. The van der Waals surface area contributed by atoms with Gasteiger partial charge in [-0.1, -0.05) is 17.7 Å². The maximum Gasteiger partial charge on any atom is 0.294 e. The number of nitro benzene ring substituents is 1. The number of nitrogens with one attached hydrogen (secondary N) is 1. The highest BCUT2D eigenvalue weighted by Gasteiger charge is 2.27. The number of ether oxygens (including phenoxy) is 2. The molecule has 1 amide bonds. The van der Waals surface area contributed by atoms with Crippen LogP contribution in [0.2, 0.25) is 5.02 Å². The third-order valence-electron chi connectivity index (χ3n) is 5.07. The molecule has 2 aromatic rings. The standard InChI is InChI=1S/C20H19ClN4O5S/c21-14-2-1-3-15(25(27)28)18(14)23-6-8-24(9-7-23)20(31)22-19(26)13-4-5-16-17(12-13)30-11-10-29-16/h1-5,12H,6-11H2,(H,22,26,31). The minimum Gasteiger partial charge on any atom is -0.486 e. The van der Waals surface area contributed by atoms with Crippen LogP contribution >= 0.6 is 23.8 Å². The molecule has 9 nitrogen and oxygen atoms in total. The number of hydrogen-bond acceptors (Lipinski definition) is 7. The van der Waals surface area contributed by atoms with Crippen molar-refractivity contribution in [2.45, 2.75) is 0 Å². The highest BCUT2D eigenvalue weighted by molar-refractivity contribution is 7.80. The molecule has 2 aliphatic rings. The van der Waals surface area contributed by atoms with Gasteiger partial charge in [-0.25, -0.2) is 0 Å². The molecule has 4 rings (SSSR count).